The molecule has 1 aromatic heterocycles. The molecule has 0 aliphatic heterocycles. The van der Waals surface area contributed by atoms with Crippen LogP contribution in [0.3, 0.4) is 0 Å². The van der Waals surface area contributed by atoms with Crippen LogP contribution in [0.1, 0.15) is 19.5 Å². The molecule has 0 saturated heterocycles. The third kappa shape index (κ3) is 3.19. The SMILES string of the molecule is CC(C)Oc1cccc(NCc2ccnn2C)c1N. The Morgan fingerprint density at radius 3 is 2.79 bits per heavy atom. The van der Waals surface area contributed by atoms with Crippen LogP contribution in [0.5, 0.6) is 5.75 Å². The number of para-hydroxylation sites is 1. The van der Waals surface area contributed by atoms with Gasteiger partial charge in [0.25, 0.3) is 0 Å². The van der Waals surface area contributed by atoms with Crippen molar-refractivity contribution < 1.29 is 4.74 Å². The van der Waals surface area contributed by atoms with Crippen LogP contribution in [0.4, 0.5) is 11.4 Å². The fourth-order valence-electron chi connectivity index (χ4n) is 1.82. The quantitative estimate of drug-likeness (QED) is 0.810. The van der Waals surface area contributed by atoms with Crippen molar-refractivity contribution in [2.75, 3.05) is 11.1 Å². The molecule has 0 spiro atoms. The maximum atomic E-state index is 6.10. The van der Waals surface area contributed by atoms with E-state index in [1.54, 1.807) is 6.20 Å². The van der Waals surface area contributed by atoms with Gasteiger partial charge in [0, 0.05) is 13.2 Å². The highest BCUT2D eigenvalue weighted by Gasteiger charge is 2.08. The number of hydrogen-bond donors (Lipinski definition) is 2. The molecule has 0 saturated carbocycles. The Labute approximate surface area is 113 Å². The Morgan fingerprint density at radius 1 is 1.37 bits per heavy atom. The number of nitrogen functional groups attached to an aromatic ring is 1. The van der Waals surface area contributed by atoms with Gasteiger partial charge in [-0.25, -0.2) is 0 Å². The van der Waals surface area contributed by atoms with Gasteiger partial charge in [-0.3, -0.25) is 4.68 Å². The minimum Gasteiger partial charge on any atom is -0.489 e. The van der Waals surface area contributed by atoms with Crippen molar-refractivity contribution in [1.82, 2.24) is 9.78 Å². The zero-order chi connectivity index (χ0) is 13.8. The number of nitrogens with one attached hydrogen (secondary N) is 1. The van der Waals surface area contributed by atoms with E-state index in [0.717, 1.165) is 11.4 Å². The number of rotatable bonds is 5. The molecule has 0 amide bonds. The number of anilines is 2. The molecule has 0 radical (unpaired) electrons. The number of hydrogen-bond acceptors (Lipinski definition) is 4. The van der Waals surface area contributed by atoms with Crippen LogP contribution in [-0.2, 0) is 13.6 Å². The topological polar surface area (TPSA) is 65.1 Å². The van der Waals surface area contributed by atoms with E-state index in [9.17, 15) is 0 Å². The molecule has 5 heteroatoms. The molecular weight excluding hydrogens is 240 g/mol. The maximum absolute atomic E-state index is 6.10. The van der Waals surface area contributed by atoms with E-state index in [1.807, 2.05) is 49.8 Å². The lowest BCUT2D eigenvalue weighted by molar-refractivity contribution is 0.244. The summed E-state index contributed by atoms with van der Waals surface area (Å²) < 4.78 is 7.49. The van der Waals surface area contributed by atoms with E-state index < -0.39 is 0 Å². The normalized spacial score (nSPS) is 10.7. The molecule has 0 atom stereocenters. The van der Waals surface area contributed by atoms with Crippen molar-refractivity contribution >= 4 is 11.4 Å². The summed E-state index contributed by atoms with van der Waals surface area (Å²) in [6, 6.07) is 7.72. The van der Waals surface area contributed by atoms with Gasteiger partial charge in [-0.2, -0.15) is 5.10 Å². The van der Waals surface area contributed by atoms with Crippen LogP contribution in [0.25, 0.3) is 0 Å². The van der Waals surface area contributed by atoms with Crippen LogP contribution in [0.15, 0.2) is 30.5 Å². The van der Waals surface area contributed by atoms with Crippen LogP contribution >= 0.6 is 0 Å². The highest BCUT2D eigenvalue weighted by atomic mass is 16.5. The van der Waals surface area contributed by atoms with Gasteiger partial charge in [-0.1, -0.05) is 6.07 Å². The zero-order valence-electron chi connectivity index (χ0n) is 11.6. The van der Waals surface area contributed by atoms with Gasteiger partial charge < -0.3 is 15.8 Å². The monoisotopic (exact) mass is 260 g/mol. The smallest absolute Gasteiger partial charge is 0.144 e. The predicted molar refractivity (Wildman–Crippen MR) is 77.2 cm³/mol. The molecule has 0 aliphatic carbocycles. The van der Waals surface area contributed by atoms with Crippen molar-refractivity contribution in [1.29, 1.82) is 0 Å². The van der Waals surface area contributed by atoms with Crippen molar-refractivity contribution in [2.24, 2.45) is 7.05 Å². The first-order valence-electron chi connectivity index (χ1n) is 6.34. The average molecular weight is 260 g/mol. The maximum Gasteiger partial charge on any atom is 0.144 e. The van der Waals surface area contributed by atoms with E-state index in [-0.39, 0.29) is 6.10 Å². The van der Waals surface area contributed by atoms with E-state index in [1.165, 1.54) is 0 Å². The first-order chi connectivity index (χ1) is 9.08. The largest absolute Gasteiger partial charge is 0.489 e. The molecule has 102 valence electrons. The third-order valence-corrected chi connectivity index (χ3v) is 2.81. The highest BCUT2D eigenvalue weighted by Crippen LogP contribution is 2.30. The molecule has 0 bridgehead atoms. The Hall–Kier alpha value is -2.17. The van der Waals surface area contributed by atoms with Crippen molar-refractivity contribution in [3.05, 3.63) is 36.2 Å². The predicted octanol–water partition coefficient (Wildman–Crippen LogP) is 2.40. The lowest BCUT2D eigenvalue weighted by atomic mass is 10.2. The van der Waals surface area contributed by atoms with Crippen molar-refractivity contribution in [3.8, 4) is 5.75 Å². The van der Waals surface area contributed by atoms with Gasteiger partial charge in [0.1, 0.15) is 5.75 Å². The van der Waals surface area contributed by atoms with Crippen LogP contribution in [0.2, 0.25) is 0 Å². The molecular formula is C14H20N4O. The molecule has 0 aliphatic rings. The van der Waals surface area contributed by atoms with Crippen LogP contribution in [0, 0.1) is 0 Å². The molecule has 2 rings (SSSR count). The average Bonchev–Trinajstić information content (AvgIpc) is 2.76. The molecule has 1 aromatic carbocycles. The van der Waals surface area contributed by atoms with Gasteiger partial charge in [0.2, 0.25) is 0 Å². The minimum atomic E-state index is 0.106. The Bertz CT molecular complexity index is 548. The molecule has 1 heterocycles. The van der Waals surface area contributed by atoms with Gasteiger partial charge in [0.15, 0.2) is 0 Å². The fraction of sp³-hybridized carbons (Fsp3) is 0.357. The second-order valence-electron chi connectivity index (χ2n) is 4.68. The minimum absolute atomic E-state index is 0.106. The molecule has 2 aromatic rings. The number of nitrogens with zero attached hydrogens (tertiary/aromatic N) is 2. The Kier molecular flexibility index (Phi) is 3.94. The summed E-state index contributed by atoms with van der Waals surface area (Å²) >= 11 is 0. The second kappa shape index (κ2) is 5.65. The van der Waals surface area contributed by atoms with E-state index in [4.69, 9.17) is 10.5 Å². The van der Waals surface area contributed by atoms with Gasteiger partial charge in [0.05, 0.1) is 29.7 Å². The lowest BCUT2D eigenvalue weighted by Gasteiger charge is -2.15. The zero-order valence-corrected chi connectivity index (χ0v) is 11.6. The molecule has 5 nitrogen and oxygen atoms in total. The molecule has 19 heavy (non-hydrogen) atoms. The van der Waals surface area contributed by atoms with Crippen LogP contribution in [-0.4, -0.2) is 15.9 Å². The Morgan fingerprint density at radius 2 is 2.16 bits per heavy atom. The fourth-order valence-corrected chi connectivity index (χ4v) is 1.82. The molecule has 3 N–H and O–H groups in total. The van der Waals surface area contributed by atoms with E-state index in [0.29, 0.717) is 18.0 Å². The van der Waals surface area contributed by atoms with Gasteiger partial charge in [-0.05, 0) is 32.0 Å². The third-order valence-electron chi connectivity index (χ3n) is 2.81. The first-order valence-corrected chi connectivity index (χ1v) is 6.34. The number of ether oxygens (including phenoxy) is 1. The van der Waals surface area contributed by atoms with E-state index in [2.05, 4.69) is 10.4 Å². The summed E-state index contributed by atoms with van der Waals surface area (Å²) in [5, 5.41) is 7.43. The number of benzene rings is 1. The van der Waals surface area contributed by atoms with Crippen LogP contribution < -0.4 is 15.8 Å². The second-order valence-corrected chi connectivity index (χ2v) is 4.68. The van der Waals surface area contributed by atoms with Gasteiger partial charge >= 0.3 is 0 Å². The number of nitrogens with two attached hydrogens (primary N) is 1. The Balaban J connectivity index is 2.10. The van der Waals surface area contributed by atoms with Crippen molar-refractivity contribution in [2.45, 2.75) is 26.5 Å². The molecule has 0 unspecified atom stereocenters. The highest BCUT2D eigenvalue weighted by molar-refractivity contribution is 5.72. The summed E-state index contributed by atoms with van der Waals surface area (Å²) in [5.41, 5.74) is 8.70. The first kappa shape index (κ1) is 13.3. The van der Waals surface area contributed by atoms with E-state index >= 15 is 0 Å². The molecule has 0 fully saturated rings. The number of aromatic nitrogens is 2. The summed E-state index contributed by atoms with van der Waals surface area (Å²) in [4.78, 5) is 0. The van der Waals surface area contributed by atoms with Crippen molar-refractivity contribution in [3.63, 3.8) is 0 Å². The summed E-state index contributed by atoms with van der Waals surface area (Å²) in [5.74, 6) is 0.713. The summed E-state index contributed by atoms with van der Waals surface area (Å²) in [6.45, 7) is 4.64. The summed E-state index contributed by atoms with van der Waals surface area (Å²) in [6.07, 6.45) is 1.88. The van der Waals surface area contributed by atoms with Gasteiger partial charge in [-0.15, -0.1) is 0 Å². The summed E-state index contributed by atoms with van der Waals surface area (Å²) in [7, 11) is 1.92. The standard InChI is InChI=1S/C14H20N4O/c1-10(2)19-13-6-4-5-12(14(13)15)16-9-11-7-8-17-18(11)3/h4-8,10,16H,9,15H2,1-3H3. The lowest BCUT2D eigenvalue weighted by Crippen LogP contribution is -2.10. The number of aryl methyl sites for hydroxylation is 1.